The number of nitrogens with one attached hydrogen (secondary N) is 1. The summed E-state index contributed by atoms with van der Waals surface area (Å²) in [5.74, 6) is 0.362. The highest BCUT2D eigenvalue weighted by atomic mass is 35.5. The molecule has 0 saturated heterocycles. The van der Waals surface area contributed by atoms with Crippen molar-refractivity contribution in [1.29, 1.82) is 0 Å². The molecule has 20 heavy (non-hydrogen) atoms. The number of anilines is 2. The van der Waals surface area contributed by atoms with Gasteiger partial charge in [0, 0.05) is 24.8 Å². The smallest absolute Gasteiger partial charge is 0.223 e. The number of nitrogen functional groups attached to an aromatic ring is 1. The van der Waals surface area contributed by atoms with Crippen LogP contribution in [0.1, 0.15) is 18.4 Å². The molecule has 1 saturated carbocycles. The lowest BCUT2D eigenvalue weighted by Crippen LogP contribution is -2.46. The van der Waals surface area contributed by atoms with Crippen molar-refractivity contribution < 1.29 is 15.1 Å². The zero-order valence-electron chi connectivity index (χ0n) is 10.5. The molecule has 1 aliphatic carbocycles. The second kappa shape index (κ2) is 5.59. The average molecular weight is 300 g/mol. The van der Waals surface area contributed by atoms with E-state index in [1.54, 1.807) is 0 Å². The fourth-order valence-electron chi connectivity index (χ4n) is 2.11. The number of hydrogen-bond donors (Lipinski definition) is 4. The van der Waals surface area contributed by atoms with Crippen molar-refractivity contribution in [1.82, 2.24) is 9.97 Å². The summed E-state index contributed by atoms with van der Waals surface area (Å²) in [4.78, 5) is 18.8. The number of aliphatic hydroxyl groups is 1. The number of nitrogens with two attached hydrogens (primary N) is 1. The Morgan fingerprint density at radius 2 is 2.20 bits per heavy atom. The normalized spacial score (nSPS) is 17.2. The minimum absolute atomic E-state index is 0.0321. The van der Waals surface area contributed by atoms with Gasteiger partial charge in [0.25, 0.3) is 0 Å². The average Bonchev–Trinajstić information content (AvgIpc) is 2.36. The van der Waals surface area contributed by atoms with Gasteiger partial charge in [-0.1, -0.05) is 16.8 Å². The van der Waals surface area contributed by atoms with Crippen molar-refractivity contribution >= 4 is 35.4 Å². The summed E-state index contributed by atoms with van der Waals surface area (Å²) < 4.78 is 0. The maximum Gasteiger partial charge on any atom is 0.223 e. The van der Waals surface area contributed by atoms with Gasteiger partial charge in [0.2, 0.25) is 5.95 Å². The van der Waals surface area contributed by atoms with E-state index in [9.17, 15) is 9.90 Å². The number of halogens is 1. The standard InChI is InChI=1S/C11H14ClN5O3/c12-8-7(3-15-20)9(17-10(13)16-8)14-4-11(5-18)1-6(19)2-11/h3,18,20H,1-2,4-5H2,(H3,13,14,16,17)/b15-3-. The Kier molecular flexibility index (Phi) is 4.05. The lowest BCUT2D eigenvalue weighted by molar-refractivity contribution is -0.134. The summed E-state index contributed by atoms with van der Waals surface area (Å²) in [6.45, 7) is 0.220. The predicted molar refractivity (Wildman–Crippen MR) is 73.1 cm³/mol. The maximum atomic E-state index is 11.1. The molecular formula is C11H14ClN5O3. The molecule has 108 valence electrons. The van der Waals surface area contributed by atoms with Crippen LogP contribution in [0.5, 0.6) is 0 Å². The molecule has 1 aliphatic rings. The first-order valence-corrected chi connectivity index (χ1v) is 6.24. The first kappa shape index (κ1) is 14.5. The van der Waals surface area contributed by atoms with Gasteiger partial charge in [-0.25, -0.2) is 4.98 Å². The second-order valence-electron chi connectivity index (χ2n) is 4.78. The summed E-state index contributed by atoms with van der Waals surface area (Å²) in [6.07, 6.45) is 1.71. The van der Waals surface area contributed by atoms with E-state index in [1.807, 2.05) is 0 Å². The third kappa shape index (κ3) is 2.81. The molecule has 0 spiro atoms. The van der Waals surface area contributed by atoms with Crippen LogP contribution in [0.3, 0.4) is 0 Å². The number of rotatable bonds is 5. The van der Waals surface area contributed by atoms with Crippen LogP contribution in [0.2, 0.25) is 5.15 Å². The Balaban J connectivity index is 2.18. The predicted octanol–water partition coefficient (Wildman–Crippen LogP) is 0.274. The number of ketones is 1. The first-order chi connectivity index (χ1) is 9.49. The fourth-order valence-corrected chi connectivity index (χ4v) is 2.34. The summed E-state index contributed by atoms with van der Waals surface area (Å²) in [7, 11) is 0. The Morgan fingerprint density at radius 3 is 2.75 bits per heavy atom. The van der Waals surface area contributed by atoms with E-state index in [4.69, 9.17) is 22.5 Å². The van der Waals surface area contributed by atoms with Crippen LogP contribution in [0.15, 0.2) is 5.16 Å². The van der Waals surface area contributed by atoms with Crippen LogP contribution in [0.25, 0.3) is 0 Å². The quantitative estimate of drug-likeness (QED) is 0.265. The molecule has 1 aromatic rings. The molecule has 2 rings (SSSR count). The van der Waals surface area contributed by atoms with Gasteiger partial charge in [-0.3, -0.25) is 4.79 Å². The third-order valence-corrected chi connectivity index (χ3v) is 3.50. The number of oxime groups is 1. The first-order valence-electron chi connectivity index (χ1n) is 5.86. The number of hydrogen-bond acceptors (Lipinski definition) is 8. The Bertz CT molecular complexity index is 555. The summed E-state index contributed by atoms with van der Waals surface area (Å²) >= 11 is 5.89. The van der Waals surface area contributed by atoms with Gasteiger partial charge in [0.1, 0.15) is 16.8 Å². The van der Waals surface area contributed by atoms with Crippen LogP contribution >= 0.6 is 11.6 Å². The summed E-state index contributed by atoms with van der Waals surface area (Å²) in [6, 6.07) is 0. The van der Waals surface area contributed by atoms with E-state index in [0.717, 1.165) is 6.21 Å². The molecule has 0 aromatic carbocycles. The van der Waals surface area contributed by atoms with Gasteiger partial charge in [0.15, 0.2) is 0 Å². The minimum atomic E-state index is -0.489. The largest absolute Gasteiger partial charge is 0.411 e. The molecular weight excluding hydrogens is 286 g/mol. The monoisotopic (exact) mass is 299 g/mol. The van der Waals surface area contributed by atoms with E-state index in [0.29, 0.717) is 19.4 Å². The van der Waals surface area contributed by atoms with E-state index in [1.165, 1.54) is 0 Å². The van der Waals surface area contributed by atoms with Gasteiger partial charge in [-0.15, -0.1) is 0 Å². The number of carbonyl (C=O) groups is 1. The Hall–Kier alpha value is -1.93. The minimum Gasteiger partial charge on any atom is -0.411 e. The van der Waals surface area contributed by atoms with Crippen LogP contribution in [-0.2, 0) is 4.79 Å². The molecule has 1 heterocycles. The van der Waals surface area contributed by atoms with Gasteiger partial charge < -0.3 is 21.4 Å². The highest BCUT2D eigenvalue weighted by Crippen LogP contribution is 2.37. The SMILES string of the molecule is Nc1nc(Cl)c(/C=N\O)c(NCC2(CO)CC(=O)C2)n1. The number of aliphatic hydroxyl groups excluding tert-OH is 1. The van der Waals surface area contributed by atoms with Crippen molar-refractivity contribution in [2.24, 2.45) is 10.6 Å². The molecule has 5 N–H and O–H groups in total. The molecule has 0 atom stereocenters. The number of carbonyl (C=O) groups excluding carboxylic acids is 1. The molecule has 1 fully saturated rings. The Morgan fingerprint density at radius 1 is 1.50 bits per heavy atom. The van der Waals surface area contributed by atoms with Crippen molar-refractivity contribution in [2.75, 3.05) is 24.2 Å². The van der Waals surface area contributed by atoms with Crippen molar-refractivity contribution in [3.05, 3.63) is 10.7 Å². The van der Waals surface area contributed by atoms with Crippen LogP contribution in [-0.4, -0.2) is 45.4 Å². The van der Waals surface area contributed by atoms with E-state index in [-0.39, 0.29) is 34.9 Å². The molecule has 0 amide bonds. The zero-order chi connectivity index (χ0) is 14.8. The number of nitrogens with zero attached hydrogens (tertiary/aromatic N) is 3. The van der Waals surface area contributed by atoms with Gasteiger partial charge in [-0.05, 0) is 0 Å². The fraction of sp³-hybridized carbons (Fsp3) is 0.455. The third-order valence-electron chi connectivity index (χ3n) is 3.21. The topological polar surface area (TPSA) is 134 Å². The van der Waals surface area contributed by atoms with Gasteiger partial charge in [-0.2, -0.15) is 4.98 Å². The molecule has 8 nitrogen and oxygen atoms in total. The van der Waals surface area contributed by atoms with Gasteiger partial charge >= 0.3 is 0 Å². The van der Waals surface area contributed by atoms with E-state index in [2.05, 4.69) is 20.4 Å². The molecule has 0 radical (unpaired) electrons. The lowest BCUT2D eigenvalue weighted by Gasteiger charge is -2.38. The highest BCUT2D eigenvalue weighted by Gasteiger charge is 2.43. The van der Waals surface area contributed by atoms with E-state index >= 15 is 0 Å². The number of Topliss-reactive ketones (excluding diaryl/α,β-unsaturated/α-hetero) is 1. The molecule has 0 unspecified atom stereocenters. The van der Waals surface area contributed by atoms with Crippen LogP contribution in [0.4, 0.5) is 11.8 Å². The summed E-state index contributed by atoms with van der Waals surface area (Å²) in [5, 5.41) is 23.9. The van der Waals surface area contributed by atoms with Crippen molar-refractivity contribution in [3.8, 4) is 0 Å². The molecule has 0 bridgehead atoms. The maximum absolute atomic E-state index is 11.1. The Labute approximate surface area is 119 Å². The van der Waals surface area contributed by atoms with Crippen LogP contribution in [0, 0.1) is 5.41 Å². The van der Waals surface area contributed by atoms with E-state index < -0.39 is 5.41 Å². The van der Waals surface area contributed by atoms with Crippen molar-refractivity contribution in [2.45, 2.75) is 12.8 Å². The zero-order valence-corrected chi connectivity index (χ0v) is 11.3. The molecule has 1 aromatic heterocycles. The lowest BCUT2D eigenvalue weighted by atomic mass is 9.68. The second-order valence-corrected chi connectivity index (χ2v) is 5.14. The highest BCUT2D eigenvalue weighted by molar-refractivity contribution is 6.32. The molecule has 9 heteroatoms. The van der Waals surface area contributed by atoms with Gasteiger partial charge in [0.05, 0.1) is 18.4 Å². The molecule has 0 aliphatic heterocycles. The summed E-state index contributed by atoms with van der Waals surface area (Å²) in [5.41, 5.74) is 5.30. The van der Waals surface area contributed by atoms with Crippen LogP contribution < -0.4 is 11.1 Å². The number of aromatic nitrogens is 2. The van der Waals surface area contributed by atoms with Crippen molar-refractivity contribution in [3.63, 3.8) is 0 Å².